The maximum absolute atomic E-state index is 10.7. The van der Waals surface area contributed by atoms with Gasteiger partial charge < -0.3 is 0 Å². The molecule has 0 amide bonds. The predicted molar refractivity (Wildman–Crippen MR) is 82.9 cm³/mol. The lowest BCUT2D eigenvalue weighted by molar-refractivity contribution is -0.384. The molecule has 0 saturated carbocycles. The van der Waals surface area contributed by atoms with Gasteiger partial charge in [-0.05, 0) is 26.0 Å². The zero-order valence-electron chi connectivity index (χ0n) is 12.2. The summed E-state index contributed by atoms with van der Waals surface area (Å²) in [6.07, 6.45) is 0. The molecule has 3 aromatic rings. The Kier molecular flexibility index (Phi) is 3.42. The first-order chi connectivity index (χ1) is 10.6. The molecule has 22 heavy (non-hydrogen) atoms. The summed E-state index contributed by atoms with van der Waals surface area (Å²) < 4.78 is 1.70. The Bertz CT molecular complexity index is 820. The van der Waals surface area contributed by atoms with Crippen molar-refractivity contribution in [2.45, 2.75) is 13.8 Å². The number of nitrogens with zero attached hydrogens (tertiary/aromatic N) is 4. The maximum atomic E-state index is 10.7. The Morgan fingerprint density at radius 3 is 2.23 bits per heavy atom. The molecular weight excluding hydrogens is 280 g/mol. The molecular formula is C16H14N4O2. The summed E-state index contributed by atoms with van der Waals surface area (Å²) in [6.45, 7) is 3.92. The van der Waals surface area contributed by atoms with Crippen molar-refractivity contribution in [1.82, 2.24) is 15.0 Å². The molecule has 0 aliphatic rings. The third-order valence-corrected chi connectivity index (χ3v) is 3.47. The first-order valence-electron chi connectivity index (χ1n) is 6.80. The van der Waals surface area contributed by atoms with Crippen LogP contribution in [0.25, 0.3) is 16.9 Å². The predicted octanol–water partition coefficient (Wildman–Crippen LogP) is 3.46. The third kappa shape index (κ3) is 2.46. The molecule has 0 spiro atoms. The molecule has 0 N–H and O–H groups in total. The van der Waals surface area contributed by atoms with E-state index >= 15 is 0 Å². The Morgan fingerprint density at radius 1 is 1.00 bits per heavy atom. The van der Waals surface area contributed by atoms with Gasteiger partial charge in [-0.3, -0.25) is 10.1 Å². The van der Waals surface area contributed by atoms with Crippen molar-refractivity contribution in [3.05, 3.63) is 69.9 Å². The summed E-state index contributed by atoms with van der Waals surface area (Å²) in [5, 5.41) is 19.0. The molecule has 0 radical (unpaired) electrons. The molecule has 110 valence electrons. The average Bonchev–Trinajstić information content (AvgIpc) is 2.90. The third-order valence-electron chi connectivity index (χ3n) is 3.47. The van der Waals surface area contributed by atoms with E-state index < -0.39 is 4.92 Å². The number of nitro groups is 1. The fraction of sp³-hybridized carbons (Fsp3) is 0.125. The quantitative estimate of drug-likeness (QED) is 0.547. The number of non-ortho nitro benzene ring substituents is 1. The molecule has 0 aliphatic carbocycles. The molecule has 0 atom stereocenters. The average molecular weight is 294 g/mol. The molecule has 0 fully saturated rings. The summed E-state index contributed by atoms with van der Waals surface area (Å²) >= 11 is 0. The van der Waals surface area contributed by atoms with E-state index in [1.807, 2.05) is 38.1 Å². The van der Waals surface area contributed by atoms with Crippen LogP contribution in [0, 0.1) is 24.0 Å². The van der Waals surface area contributed by atoms with Crippen LogP contribution in [0.4, 0.5) is 5.69 Å². The summed E-state index contributed by atoms with van der Waals surface area (Å²) in [7, 11) is 0. The number of aryl methyl sites for hydroxylation is 2. The highest BCUT2D eigenvalue weighted by molar-refractivity contribution is 5.64. The minimum absolute atomic E-state index is 0.0532. The monoisotopic (exact) mass is 294 g/mol. The highest BCUT2D eigenvalue weighted by atomic mass is 16.6. The van der Waals surface area contributed by atoms with Gasteiger partial charge in [0.15, 0.2) is 0 Å². The van der Waals surface area contributed by atoms with E-state index in [4.69, 9.17) is 0 Å². The number of hydrogen-bond donors (Lipinski definition) is 0. The van der Waals surface area contributed by atoms with E-state index in [9.17, 15) is 10.1 Å². The number of rotatable bonds is 3. The molecule has 0 unspecified atom stereocenters. The van der Waals surface area contributed by atoms with Gasteiger partial charge in [0, 0.05) is 17.7 Å². The summed E-state index contributed by atoms with van der Waals surface area (Å²) in [4.78, 5) is 10.3. The van der Waals surface area contributed by atoms with Gasteiger partial charge in [0.05, 0.1) is 22.0 Å². The van der Waals surface area contributed by atoms with Gasteiger partial charge in [0.25, 0.3) is 5.69 Å². The Morgan fingerprint density at radius 2 is 1.64 bits per heavy atom. The number of nitro benzene ring substituents is 1. The van der Waals surface area contributed by atoms with Gasteiger partial charge in [0.2, 0.25) is 0 Å². The molecule has 3 rings (SSSR count). The lowest BCUT2D eigenvalue weighted by Crippen LogP contribution is -2.00. The van der Waals surface area contributed by atoms with Crippen molar-refractivity contribution >= 4 is 5.69 Å². The van der Waals surface area contributed by atoms with Crippen molar-refractivity contribution in [2.24, 2.45) is 0 Å². The van der Waals surface area contributed by atoms with Gasteiger partial charge >= 0.3 is 0 Å². The second-order valence-corrected chi connectivity index (χ2v) is 5.07. The van der Waals surface area contributed by atoms with Crippen LogP contribution in [0.2, 0.25) is 0 Å². The van der Waals surface area contributed by atoms with Crippen LogP contribution < -0.4 is 0 Å². The van der Waals surface area contributed by atoms with Crippen molar-refractivity contribution in [3.8, 4) is 16.9 Å². The zero-order valence-corrected chi connectivity index (χ0v) is 12.2. The first-order valence-corrected chi connectivity index (χ1v) is 6.80. The van der Waals surface area contributed by atoms with Crippen LogP contribution in [0.5, 0.6) is 0 Å². The lowest BCUT2D eigenvalue weighted by atomic mass is 10.1. The molecule has 1 heterocycles. The summed E-state index contributed by atoms with van der Waals surface area (Å²) in [5.41, 5.74) is 4.66. The fourth-order valence-electron chi connectivity index (χ4n) is 2.30. The maximum Gasteiger partial charge on any atom is 0.269 e. The van der Waals surface area contributed by atoms with Crippen molar-refractivity contribution in [3.63, 3.8) is 0 Å². The molecule has 6 heteroatoms. The molecule has 1 aromatic heterocycles. The Balaban J connectivity index is 2.09. The highest BCUT2D eigenvalue weighted by Crippen LogP contribution is 2.26. The van der Waals surface area contributed by atoms with E-state index in [2.05, 4.69) is 10.3 Å². The SMILES string of the molecule is Cc1ccc(-c2c(C)nnn2-c2ccc([N+](=O)[O-])cc2)cc1. The van der Waals surface area contributed by atoms with E-state index in [1.54, 1.807) is 16.8 Å². The van der Waals surface area contributed by atoms with Crippen LogP contribution in [0.1, 0.15) is 11.3 Å². The van der Waals surface area contributed by atoms with Crippen molar-refractivity contribution in [1.29, 1.82) is 0 Å². The van der Waals surface area contributed by atoms with E-state index in [0.29, 0.717) is 0 Å². The highest BCUT2D eigenvalue weighted by Gasteiger charge is 2.14. The molecule has 0 bridgehead atoms. The minimum Gasteiger partial charge on any atom is -0.258 e. The first kappa shape index (κ1) is 13.9. The van der Waals surface area contributed by atoms with Gasteiger partial charge in [0.1, 0.15) is 0 Å². The molecule has 6 nitrogen and oxygen atoms in total. The van der Waals surface area contributed by atoms with E-state index in [0.717, 1.165) is 22.6 Å². The second-order valence-electron chi connectivity index (χ2n) is 5.07. The summed E-state index contributed by atoms with van der Waals surface area (Å²) in [6, 6.07) is 14.4. The number of benzene rings is 2. The molecule has 0 aliphatic heterocycles. The zero-order chi connectivity index (χ0) is 15.7. The smallest absolute Gasteiger partial charge is 0.258 e. The summed E-state index contributed by atoms with van der Waals surface area (Å²) in [5.74, 6) is 0. The van der Waals surface area contributed by atoms with Crippen LogP contribution in [-0.2, 0) is 0 Å². The number of hydrogen-bond acceptors (Lipinski definition) is 4. The fourth-order valence-corrected chi connectivity index (χ4v) is 2.30. The largest absolute Gasteiger partial charge is 0.269 e. The van der Waals surface area contributed by atoms with Crippen LogP contribution in [0.3, 0.4) is 0 Å². The van der Waals surface area contributed by atoms with Crippen LogP contribution >= 0.6 is 0 Å². The molecule has 2 aromatic carbocycles. The second kappa shape index (κ2) is 5.40. The van der Waals surface area contributed by atoms with Gasteiger partial charge in [-0.2, -0.15) is 0 Å². The minimum atomic E-state index is -0.419. The van der Waals surface area contributed by atoms with Crippen molar-refractivity contribution in [2.75, 3.05) is 0 Å². The van der Waals surface area contributed by atoms with Crippen molar-refractivity contribution < 1.29 is 4.92 Å². The topological polar surface area (TPSA) is 73.8 Å². The van der Waals surface area contributed by atoms with Gasteiger partial charge in [-0.1, -0.05) is 35.0 Å². The number of aromatic nitrogens is 3. The normalized spacial score (nSPS) is 10.6. The lowest BCUT2D eigenvalue weighted by Gasteiger charge is -2.07. The van der Waals surface area contributed by atoms with Gasteiger partial charge in [-0.25, -0.2) is 4.68 Å². The van der Waals surface area contributed by atoms with E-state index in [-0.39, 0.29) is 5.69 Å². The molecule has 0 saturated heterocycles. The Hall–Kier alpha value is -3.02. The van der Waals surface area contributed by atoms with Crippen LogP contribution in [0.15, 0.2) is 48.5 Å². The standard InChI is InChI=1S/C16H14N4O2/c1-11-3-5-13(6-4-11)16-12(2)17-18-19(16)14-7-9-15(10-8-14)20(21)22/h3-10H,1-2H3. The van der Waals surface area contributed by atoms with Gasteiger partial charge in [-0.15, -0.1) is 5.10 Å². The van der Waals surface area contributed by atoms with E-state index in [1.165, 1.54) is 17.7 Å². The Labute approximate surface area is 127 Å². The van der Waals surface area contributed by atoms with Crippen LogP contribution in [-0.4, -0.2) is 19.9 Å².